The van der Waals surface area contributed by atoms with Crippen LogP contribution in [-0.4, -0.2) is 4.98 Å². The highest BCUT2D eigenvalue weighted by Crippen LogP contribution is 2.12. The lowest BCUT2D eigenvalue weighted by Crippen LogP contribution is -1.91. The van der Waals surface area contributed by atoms with Gasteiger partial charge in [-0.2, -0.15) is 0 Å². The zero-order valence-electron chi connectivity index (χ0n) is 8.60. The predicted molar refractivity (Wildman–Crippen MR) is 58.1 cm³/mol. The Morgan fingerprint density at radius 2 is 2.14 bits per heavy atom. The van der Waals surface area contributed by atoms with Crippen LogP contribution >= 0.6 is 0 Å². The molecule has 0 amide bonds. The van der Waals surface area contributed by atoms with Gasteiger partial charge in [0.25, 0.3) is 0 Å². The minimum Gasteiger partial charge on any atom is -0.458 e. The molecule has 0 aliphatic rings. The second-order valence-electron chi connectivity index (χ2n) is 2.79. The van der Waals surface area contributed by atoms with Crippen LogP contribution < -0.4 is 4.74 Å². The average Bonchev–Trinajstić information content (AvgIpc) is 2.25. The third kappa shape index (κ3) is 3.44. The van der Waals surface area contributed by atoms with E-state index in [0.29, 0.717) is 0 Å². The number of nitrogens with zero attached hydrogens (tertiary/aromatic N) is 1. The minimum atomic E-state index is 0.814. The van der Waals surface area contributed by atoms with E-state index in [1.807, 2.05) is 31.2 Å². The Balaban J connectivity index is 2.63. The molecule has 1 heterocycles. The van der Waals surface area contributed by atoms with E-state index in [0.717, 1.165) is 17.9 Å². The van der Waals surface area contributed by atoms with Crippen LogP contribution in [0.1, 0.15) is 20.3 Å². The van der Waals surface area contributed by atoms with E-state index in [-0.39, 0.29) is 0 Å². The molecule has 0 bridgehead atoms. The molecular formula is C12H15NO. The number of aromatic nitrogens is 1. The molecule has 0 fully saturated rings. The van der Waals surface area contributed by atoms with E-state index in [4.69, 9.17) is 4.74 Å². The molecule has 2 nitrogen and oxygen atoms in total. The van der Waals surface area contributed by atoms with Crippen LogP contribution in [0.3, 0.4) is 0 Å². The smallest absolute Gasteiger partial charge is 0.130 e. The van der Waals surface area contributed by atoms with Crippen LogP contribution in [0, 0.1) is 0 Å². The van der Waals surface area contributed by atoms with Crippen molar-refractivity contribution in [3.05, 3.63) is 48.5 Å². The van der Waals surface area contributed by atoms with Crippen molar-refractivity contribution in [2.45, 2.75) is 20.3 Å². The maximum atomic E-state index is 5.60. The Morgan fingerprint density at radius 1 is 1.43 bits per heavy atom. The van der Waals surface area contributed by atoms with Gasteiger partial charge in [-0.15, -0.1) is 0 Å². The van der Waals surface area contributed by atoms with Crippen LogP contribution in [0.2, 0.25) is 0 Å². The normalized spacial score (nSPS) is 12.0. The highest BCUT2D eigenvalue weighted by Gasteiger charge is 1.93. The molecule has 1 aromatic heterocycles. The van der Waals surface area contributed by atoms with Gasteiger partial charge in [0.2, 0.25) is 0 Å². The van der Waals surface area contributed by atoms with Crippen LogP contribution in [-0.2, 0) is 0 Å². The van der Waals surface area contributed by atoms with Crippen molar-refractivity contribution in [2.24, 2.45) is 0 Å². The summed E-state index contributed by atoms with van der Waals surface area (Å²) >= 11 is 0. The van der Waals surface area contributed by atoms with E-state index in [1.54, 1.807) is 12.4 Å². The monoisotopic (exact) mass is 189 g/mol. The second-order valence-corrected chi connectivity index (χ2v) is 2.79. The van der Waals surface area contributed by atoms with Gasteiger partial charge in [0.1, 0.15) is 11.5 Å². The topological polar surface area (TPSA) is 22.1 Å². The number of pyridine rings is 1. The van der Waals surface area contributed by atoms with Crippen molar-refractivity contribution in [1.29, 1.82) is 0 Å². The van der Waals surface area contributed by atoms with Gasteiger partial charge in [-0.05, 0) is 37.6 Å². The summed E-state index contributed by atoms with van der Waals surface area (Å²) in [5.74, 6) is 1.67. The van der Waals surface area contributed by atoms with Crippen LogP contribution in [0.25, 0.3) is 0 Å². The van der Waals surface area contributed by atoms with Crippen LogP contribution in [0.4, 0.5) is 0 Å². The lowest BCUT2D eigenvalue weighted by Gasteiger charge is -2.04. The molecule has 0 radical (unpaired) electrons. The number of rotatable bonds is 4. The highest BCUT2D eigenvalue weighted by molar-refractivity contribution is 5.23. The molecule has 74 valence electrons. The van der Waals surface area contributed by atoms with E-state index < -0.39 is 0 Å². The van der Waals surface area contributed by atoms with Gasteiger partial charge in [0, 0.05) is 12.4 Å². The van der Waals surface area contributed by atoms with Crippen molar-refractivity contribution in [2.75, 3.05) is 0 Å². The van der Waals surface area contributed by atoms with E-state index >= 15 is 0 Å². The van der Waals surface area contributed by atoms with Gasteiger partial charge in [0.15, 0.2) is 0 Å². The molecule has 0 aromatic carbocycles. The van der Waals surface area contributed by atoms with Crippen molar-refractivity contribution in [3.8, 4) is 5.75 Å². The summed E-state index contributed by atoms with van der Waals surface area (Å²) in [7, 11) is 0. The zero-order chi connectivity index (χ0) is 10.2. The molecule has 0 saturated heterocycles. The molecular weight excluding hydrogens is 174 g/mol. The van der Waals surface area contributed by atoms with E-state index in [9.17, 15) is 0 Å². The highest BCUT2D eigenvalue weighted by atomic mass is 16.5. The van der Waals surface area contributed by atoms with Gasteiger partial charge in [-0.1, -0.05) is 13.0 Å². The van der Waals surface area contributed by atoms with Gasteiger partial charge in [0.05, 0.1) is 0 Å². The molecule has 2 heteroatoms. The van der Waals surface area contributed by atoms with Gasteiger partial charge in [-0.25, -0.2) is 0 Å². The summed E-state index contributed by atoms with van der Waals surface area (Å²) in [4.78, 5) is 3.92. The molecule has 14 heavy (non-hydrogen) atoms. The average molecular weight is 189 g/mol. The lowest BCUT2D eigenvalue weighted by atomic mass is 10.3. The summed E-state index contributed by atoms with van der Waals surface area (Å²) in [6.07, 6.45) is 10.4. The zero-order valence-corrected chi connectivity index (χ0v) is 8.60. The summed E-state index contributed by atoms with van der Waals surface area (Å²) in [5, 5.41) is 0. The van der Waals surface area contributed by atoms with Crippen molar-refractivity contribution in [3.63, 3.8) is 0 Å². The molecule has 1 rings (SSSR count). The Kier molecular flexibility index (Phi) is 4.48. The molecule has 0 unspecified atom stereocenters. The fourth-order valence-corrected chi connectivity index (χ4v) is 0.966. The molecule has 0 aliphatic carbocycles. The first kappa shape index (κ1) is 10.5. The summed E-state index contributed by atoms with van der Waals surface area (Å²) in [6.45, 7) is 4.05. The number of allylic oxidation sites excluding steroid dienone is 3. The van der Waals surface area contributed by atoms with Crippen molar-refractivity contribution >= 4 is 0 Å². The van der Waals surface area contributed by atoms with Gasteiger partial charge >= 0.3 is 0 Å². The number of hydrogen-bond donors (Lipinski definition) is 0. The minimum absolute atomic E-state index is 0.814. The summed E-state index contributed by atoms with van der Waals surface area (Å²) < 4.78 is 5.60. The molecule has 0 spiro atoms. The fourth-order valence-electron chi connectivity index (χ4n) is 0.966. The van der Waals surface area contributed by atoms with Crippen LogP contribution in [0.5, 0.6) is 5.75 Å². The Bertz CT molecular complexity index is 314. The lowest BCUT2D eigenvalue weighted by molar-refractivity contribution is 0.442. The fraction of sp³-hybridized carbons (Fsp3) is 0.250. The molecule has 0 saturated carbocycles. The molecule has 0 atom stereocenters. The first-order valence-electron chi connectivity index (χ1n) is 4.77. The molecule has 1 aromatic rings. The Hall–Kier alpha value is -1.57. The maximum absolute atomic E-state index is 5.60. The summed E-state index contributed by atoms with van der Waals surface area (Å²) in [6, 6.07) is 3.67. The van der Waals surface area contributed by atoms with E-state index in [2.05, 4.69) is 18.0 Å². The largest absolute Gasteiger partial charge is 0.458 e. The standard InChI is InChI=1S/C12H15NO/c1-3-5-6-11(4-2)14-12-7-9-13-10-8-12/h4-10H,3H2,1-2H3/b6-5-,11-4+. The van der Waals surface area contributed by atoms with Crippen molar-refractivity contribution < 1.29 is 4.74 Å². The van der Waals surface area contributed by atoms with Gasteiger partial charge < -0.3 is 4.74 Å². The third-order valence-corrected chi connectivity index (χ3v) is 1.69. The molecule has 0 N–H and O–H groups in total. The summed E-state index contributed by atoms with van der Waals surface area (Å²) in [5.41, 5.74) is 0. The quantitative estimate of drug-likeness (QED) is 0.535. The van der Waals surface area contributed by atoms with Crippen molar-refractivity contribution in [1.82, 2.24) is 4.98 Å². The second kappa shape index (κ2) is 5.97. The van der Waals surface area contributed by atoms with E-state index in [1.165, 1.54) is 0 Å². The van der Waals surface area contributed by atoms with Gasteiger partial charge in [-0.3, -0.25) is 4.98 Å². The molecule has 0 aliphatic heterocycles. The number of hydrogen-bond acceptors (Lipinski definition) is 2. The predicted octanol–water partition coefficient (Wildman–Crippen LogP) is 3.33. The first-order chi connectivity index (χ1) is 6.86. The third-order valence-electron chi connectivity index (χ3n) is 1.69. The SMILES string of the molecule is C/C=C(\C=C/CC)Oc1ccncc1. The number of ether oxygens (including phenoxy) is 1. The first-order valence-corrected chi connectivity index (χ1v) is 4.77. The van der Waals surface area contributed by atoms with Crippen LogP contribution in [0.15, 0.2) is 48.5 Å². The Labute approximate surface area is 84.9 Å². The Morgan fingerprint density at radius 3 is 2.71 bits per heavy atom. The maximum Gasteiger partial charge on any atom is 0.130 e.